The number of H-pyrrole nitrogens is 2. The maximum Gasteiger partial charge on any atom is 0.323 e. The minimum Gasteiger partial charge on any atom is -0.493 e. The van der Waals surface area contributed by atoms with Crippen LogP contribution in [0.15, 0.2) is 53.3 Å². The van der Waals surface area contributed by atoms with Crippen LogP contribution in [0.25, 0.3) is 11.0 Å². The van der Waals surface area contributed by atoms with Gasteiger partial charge in [0.15, 0.2) is 11.5 Å². The molecule has 4 aromatic rings. The van der Waals surface area contributed by atoms with Gasteiger partial charge in [-0.05, 0) is 48.0 Å². The lowest BCUT2D eigenvalue weighted by atomic mass is 10.2. The van der Waals surface area contributed by atoms with Crippen LogP contribution in [0.5, 0.6) is 11.5 Å². The average Bonchev–Trinajstić information content (AvgIpc) is 3.11. The number of aromatic nitrogens is 2. The van der Waals surface area contributed by atoms with Crippen LogP contribution in [0.1, 0.15) is 11.1 Å². The lowest BCUT2D eigenvalue weighted by molar-refractivity contribution is 0.284. The molecule has 0 atom stereocenters. The number of aromatic amines is 2. The molecule has 0 radical (unpaired) electrons. The Morgan fingerprint density at radius 3 is 2.42 bits per heavy atom. The second-order valence-electron chi connectivity index (χ2n) is 6.79. The summed E-state index contributed by atoms with van der Waals surface area (Å²) in [4.78, 5) is 16.9. The molecule has 0 saturated carbocycles. The third-order valence-corrected chi connectivity index (χ3v) is 5.71. The maximum absolute atomic E-state index is 11.4. The van der Waals surface area contributed by atoms with E-state index in [1.54, 1.807) is 31.4 Å². The summed E-state index contributed by atoms with van der Waals surface area (Å²) < 4.78 is 11.4. The molecular formula is C22H18Cl3N3O3. The molecule has 0 amide bonds. The van der Waals surface area contributed by atoms with Gasteiger partial charge < -0.3 is 24.8 Å². The van der Waals surface area contributed by atoms with Gasteiger partial charge >= 0.3 is 5.69 Å². The fourth-order valence-electron chi connectivity index (χ4n) is 3.18. The fraction of sp³-hybridized carbons (Fsp3) is 0.136. The van der Waals surface area contributed by atoms with Crippen LogP contribution in [0.2, 0.25) is 15.1 Å². The molecule has 0 saturated heterocycles. The van der Waals surface area contributed by atoms with Crippen molar-refractivity contribution in [2.75, 3.05) is 12.4 Å². The Morgan fingerprint density at radius 2 is 1.68 bits per heavy atom. The molecule has 0 fully saturated rings. The number of benzene rings is 3. The molecule has 0 aliphatic heterocycles. The summed E-state index contributed by atoms with van der Waals surface area (Å²) >= 11 is 18.9. The largest absolute Gasteiger partial charge is 0.493 e. The molecule has 3 aromatic carbocycles. The van der Waals surface area contributed by atoms with Crippen molar-refractivity contribution in [1.82, 2.24) is 9.97 Å². The van der Waals surface area contributed by atoms with Crippen molar-refractivity contribution in [3.05, 3.63) is 85.2 Å². The molecule has 31 heavy (non-hydrogen) atoms. The molecule has 160 valence electrons. The predicted octanol–water partition coefficient (Wildman–Crippen LogP) is 6.02. The summed E-state index contributed by atoms with van der Waals surface area (Å²) in [5, 5.41) is 4.75. The van der Waals surface area contributed by atoms with E-state index < -0.39 is 0 Å². The number of hydrogen-bond acceptors (Lipinski definition) is 4. The Kier molecular flexibility index (Phi) is 6.32. The van der Waals surface area contributed by atoms with Crippen molar-refractivity contribution in [3.63, 3.8) is 0 Å². The second kappa shape index (κ2) is 9.14. The van der Waals surface area contributed by atoms with Gasteiger partial charge in [-0.1, -0.05) is 40.9 Å². The second-order valence-corrected chi connectivity index (χ2v) is 8.01. The number of nitrogens with one attached hydrogen (secondary N) is 3. The van der Waals surface area contributed by atoms with Gasteiger partial charge in [0.1, 0.15) is 6.61 Å². The van der Waals surface area contributed by atoms with Gasteiger partial charge in [0.25, 0.3) is 0 Å². The van der Waals surface area contributed by atoms with E-state index in [-0.39, 0.29) is 12.3 Å². The highest BCUT2D eigenvalue weighted by atomic mass is 35.5. The molecule has 1 heterocycles. The molecule has 0 aliphatic rings. The Bertz CT molecular complexity index is 1280. The molecule has 0 unspecified atom stereocenters. The average molecular weight is 479 g/mol. The van der Waals surface area contributed by atoms with Crippen LogP contribution < -0.4 is 20.5 Å². The smallest absolute Gasteiger partial charge is 0.323 e. The van der Waals surface area contributed by atoms with Crippen LogP contribution in [0.4, 0.5) is 5.69 Å². The van der Waals surface area contributed by atoms with Crippen LogP contribution >= 0.6 is 34.8 Å². The van der Waals surface area contributed by atoms with Gasteiger partial charge in [-0.15, -0.1) is 0 Å². The Morgan fingerprint density at radius 1 is 0.935 bits per heavy atom. The van der Waals surface area contributed by atoms with Gasteiger partial charge in [0, 0.05) is 27.8 Å². The third-order valence-electron chi connectivity index (χ3n) is 4.72. The zero-order valence-electron chi connectivity index (χ0n) is 16.4. The quantitative estimate of drug-likeness (QED) is 0.304. The van der Waals surface area contributed by atoms with E-state index in [1.165, 1.54) is 0 Å². The number of ether oxygens (including phenoxy) is 2. The SMILES string of the molecule is COc1cc(CNc2ccc3[nH]c(=O)[nH]c3c2)cc(Cl)c1OCc1c(Cl)cccc1Cl. The topological polar surface area (TPSA) is 79.1 Å². The van der Waals surface area contributed by atoms with E-state index in [1.807, 2.05) is 24.3 Å². The molecule has 0 spiro atoms. The summed E-state index contributed by atoms with van der Waals surface area (Å²) in [7, 11) is 1.55. The van der Waals surface area contributed by atoms with E-state index in [0.717, 1.165) is 22.3 Å². The Hall–Kier alpha value is -2.80. The lowest BCUT2D eigenvalue weighted by Crippen LogP contribution is -2.03. The summed E-state index contributed by atoms with van der Waals surface area (Å²) in [5.74, 6) is 0.910. The maximum atomic E-state index is 11.4. The van der Waals surface area contributed by atoms with Crippen LogP contribution in [-0.4, -0.2) is 17.1 Å². The first-order chi connectivity index (χ1) is 14.9. The number of anilines is 1. The van der Waals surface area contributed by atoms with E-state index in [9.17, 15) is 4.79 Å². The Labute approximate surface area is 193 Å². The number of hydrogen-bond donors (Lipinski definition) is 3. The summed E-state index contributed by atoms with van der Waals surface area (Å²) in [6.07, 6.45) is 0. The minimum absolute atomic E-state index is 0.154. The summed E-state index contributed by atoms with van der Waals surface area (Å²) in [5.41, 5.74) is 3.66. The van der Waals surface area contributed by atoms with Crippen LogP contribution in [0.3, 0.4) is 0 Å². The van der Waals surface area contributed by atoms with E-state index in [0.29, 0.717) is 38.7 Å². The number of halogens is 3. The fourth-order valence-corrected chi connectivity index (χ4v) is 3.97. The van der Waals surface area contributed by atoms with E-state index >= 15 is 0 Å². The van der Waals surface area contributed by atoms with Crippen molar-refractivity contribution in [3.8, 4) is 11.5 Å². The zero-order valence-corrected chi connectivity index (χ0v) is 18.7. The molecule has 4 rings (SSSR count). The van der Waals surface area contributed by atoms with Gasteiger partial charge in [-0.25, -0.2) is 4.79 Å². The predicted molar refractivity (Wildman–Crippen MR) is 125 cm³/mol. The van der Waals surface area contributed by atoms with Crippen molar-refractivity contribution in [1.29, 1.82) is 0 Å². The number of rotatable bonds is 7. The molecule has 3 N–H and O–H groups in total. The summed E-state index contributed by atoms with van der Waals surface area (Å²) in [6.45, 7) is 0.647. The van der Waals surface area contributed by atoms with Crippen LogP contribution in [-0.2, 0) is 13.2 Å². The minimum atomic E-state index is -0.239. The van der Waals surface area contributed by atoms with Crippen LogP contribution in [0, 0.1) is 0 Å². The number of fused-ring (bicyclic) bond motifs is 1. The molecule has 6 nitrogen and oxygen atoms in total. The van der Waals surface area contributed by atoms with Gasteiger partial charge in [-0.2, -0.15) is 0 Å². The lowest BCUT2D eigenvalue weighted by Gasteiger charge is -2.16. The highest BCUT2D eigenvalue weighted by Gasteiger charge is 2.14. The van der Waals surface area contributed by atoms with Gasteiger partial charge in [0.2, 0.25) is 0 Å². The molecule has 0 bridgehead atoms. The molecular weight excluding hydrogens is 461 g/mol. The first-order valence-corrected chi connectivity index (χ1v) is 10.5. The highest BCUT2D eigenvalue weighted by molar-refractivity contribution is 6.36. The normalized spacial score (nSPS) is 11.0. The zero-order chi connectivity index (χ0) is 22.0. The molecule has 9 heteroatoms. The van der Waals surface area contributed by atoms with Gasteiger partial charge in [-0.3, -0.25) is 0 Å². The monoisotopic (exact) mass is 477 g/mol. The van der Waals surface area contributed by atoms with Crippen molar-refractivity contribution >= 4 is 51.5 Å². The number of methoxy groups -OCH3 is 1. The highest BCUT2D eigenvalue weighted by Crippen LogP contribution is 2.38. The number of imidazole rings is 1. The Balaban J connectivity index is 1.50. The standard InChI is InChI=1S/C22H18Cl3N3O3/c1-30-20-8-12(10-26-13-5-6-18-19(9-13)28-22(29)27-18)7-17(25)21(20)31-11-14-15(23)3-2-4-16(14)24/h2-9,26H,10-11H2,1H3,(H2,27,28,29). The van der Waals surface area contributed by atoms with E-state index in [2.05, 4.69) is 15.3 Å². The van der Waals surface area contributed by atoms with Crippen molar-refractivity contribution in [2.45, 2.75) is 13.2 Å². The van der Waals surface area contributed by atoms with E-state index in [4.69, 9.17) is 44.3 Å². The van der Waals surface area contributed by atoms with Gasteiger partial charge in [0.05, 0.1) is 23.2 Å². The third kappa shape index (κ3) is 4.77. The van der Waals surface area contributed by atoms with Crippen molar-refractivity contribution in [2.24, 2.45) is 0 Å². The first-order valence-electron chi connectivity index (χ1n) is 9.32. The molecule has 0 aliphatic carbocycles. The molecule has 1 aromatic heterocycles. The summed E-state index contributed by atoms with van der Waals surface area (Å²) in [6, 6.07) is 14.5. The van der Waals surface area contributed by atoms with Crippen molar-refractivity contribution < 1.29 is 9.47 Å². The first kappa shape index (κ1) is 21.4.